The van der Waals surface area contributed by atoms with Crippen LogP contribution in [0.3, 0.4) is 0 Å². The van der Waals surface area contributed by atoms with Crippen molar-refractivity contribution < 1.29 is 114 Å². The molecule has 3 N–H and O–H groups in total. The Hall–Kier alpha value is -3.21. The second-order valence-corrected chi connectivity index (χ2v) is 8.17. The Labute approximate surface area is 260 Å². The molecule has 220 valence electrons. The molecule has 0 atom stereocenters. The van der Waals surface area contributed by atoms with Crippen molar-refractivity contribution in [2.24, 2.45) is 16.2 Å². The molecule has 15 nitrogen and oxygen atoms in total. The SMILES string of the molecule is CC(=O)C(C(C)=O)(C(C)=O)C(=O)O.CC(=O)C(C(C)=O)(C(C)=O)C(=O)O.CC(=O)C(C(C)=O)(C(C)=O)C(=O)O.[Nd]. The van der Waals surface area contributed by atoms with Crippen LogP contribution < -0.4 is 0 Å². The van der Waals surface area contributed by atoms with Crippen molar-refractivity contribution in [3.8, 4) is 0 Å². The zero-order valence-electron chi connectivity index (χ0n) is 23.2. The fraction of sp³-hybridized carbons (Fsp3) is 0.500. The summed E-state index contributed by atoms with van der Waals surface area (Å²) < 4.78 is 0. The van der Waals surface area contributed by atoms with Gasteiger partial charge in [-0.15, -0.1) is 0 Å². The minimum absolute atomic E-state index is 0. The number of carboxylic acids is 3. The molecule has 0 unspecified atom stereocenters. The quantitative estimate of drug-likeness (QED) is 0.216. The van der Waals surface area contributed by atoms with E-state index in [1.807, 2.05) is 0 Å². The van der Waals surface area contributed by atoms with E-state index in [4.69, 9.17) is 15.3 Å². The number of carboxylic acid groups (broad SMARTS) is 3. The van der Waals surface area contributed by atoms with Crippen molar-refractivity contribution in [3.05, 3.63) is 0 Å². The van der Waals surface area contributed by atoms with E-state index < -0.39 is 86.2 Å². The van der Waals surface area contributed by atoms with Crippen LogP contribution in [0.1, 0.15) is 62.3 Å². The molecule has 16 heteroatoms. The van der Waals surface area contributed by atoms with Gasteiger partial charge in [-0.05, 0) is 62.3 Å². The van der Waals surface area contributed by atoms with Crippen molar-refractivity contribution >= 4 is 70.0 Å². The normalized spacial score (nSPS) is 10.4. The minimum Gasteiger partial charge on any atom is -0.480 e. The summed E-state index contributed by atoms with van der Waals surface area (Å²) in [5.74, 6) is -13.8. The van der Waals surface area contributed by atoms with Crippen molar-refractivity contribution in [1.82, 2.24) is 0 Å². The molecule has 0 saturated carbocycles. The Morgan fingerprint density at radius 3 is 0.375 bits per heavy atom. The van der Waals surface area contributed by atoms with Gasteiger partial charge < -0.3 is 15.3 Å². The van der Waals surface area contributed by atoms with E-state index in [0.29, 0.717) is 0 Å². The molecule has 0 heterocycles. The van der Waals surface area contributed by atoms with Crippen LogP contribution in [0.2, 0.25) is 0 Å². The summed E-state index contributed by atoms with van der Waals surface area (Å²) >= 11 is 0. The average Bonchev–Trinajstić information content (AvgIpc) is 2.66. The maximum atomic E-state index is 11.0. The van der Waals surface area contributed by atoms with E-state index >= 15 is 0 Å². The molecule has 0 aromatic carbocycles. The minimum atomic E-state index is -2.50. The van der Waals surface area contributed by atoms with Crippen molar-refractivity contribution in [1.29, 1.82) is 0 Å². The van der Waals surface area contributed by atoms with Crippen LogP contribution in [-0.4, -0.2) is 85.3 Å². The molecular weight excluding hydrogens is 672 g/mol. The van der Waals surface area contributed by atoms with E-state index in [0.717, 1.165) is 62.3 Å². The van der Waals surface area contributed by atoms with E-state index in [2.05, 4.69) is 0 Å². The molecule has 0 aromatic heterocycles. The second kappa shape index (κ2) is 16.8. The maximum absolute atomic E-state index is 11.0. The molecule has 0 amide bonds. The van der Waals surface area contributed by atoms with Gasteiger partial charge in [0.1, 0.15) is 0 Å². The number of ketones is 9. The third-order valence-corrected chi connectivity index (χ3v) is 5.72. The summed E-state index contributed by atoms with van der Waals surface area (Å²) in [5, 5.41) is 26.0. The number of aliphatic carboxylic acids is 3. The first kappa shape index (κ1) is 43.8. The first-order chi connectivity index (χ1) is 17.3. The van der Waals surface area contributed by atoms with Crippen LogP contribution in [0, 0.1) is 57.1 Å². The van der Waals surface area contributed by atoms with Gasteiger partial charge in [0, 0.05) is 40.8 Å². The van der Waals surface area contributed by atoms with Crippen LogP contribution in [0.25, 0.3) is 0 Å². The topological polar surface area (TPSA) is 266 Å². The molecule has 0 aromatic rings. The van der Waals surface area contributed by atoms with Crippen molar-refractivity contribution in [3.63, 3.8) is 0 Å². The molecule has 0 aliphatic carbocycles. The van der Waals surface area contributed by atoms with Gasteiger partial charge >= 0.3 is 17.9 Å². The zero-order valence-corrected chi connectivity index (χ0v) is 26.4. The summed E-state index contributed by atoms with van der Waals surface area (Å²) in [7, 11) is 0. The van der Waals surface area contributed by atoms with Gasteiger partial charge in [0.2, 0.25) is 16.2 Å². The van der Waals surface area contributed by atoms with Gasteiger partial charge in [-0.2, -0.15) is 0 Å². The van der Waals surface area contributed by atoms with E-state index in [1.54, 1.807) is 0 Å². The Morgan fingerprint density at radius 1 is 0.300 bits per heavy atom. The summed E-state index contributed by atoms with van der Waals surface area (Å²) in [6.45, 7) is 8.22. The predicted molar refractivity (Wildman–Crippen MR) is 126 cm³/mol. The van der Waals surface area contributed by atoms with Crippen LogP contribution >= 0.6 is 0 Å². The molecule has 0 bridgehead atoms. The fourth-order valence-corrected chi connectivity index (χ4v) is 3.59. The fourth-order valence-electron chi connectivity index (χ4n) is 3.59. The molecule has 0 saturated heterocycles. The molecule has 0 rings (SSSR count). The number of hydrogen-bond donors (Lipinski definition) is 3. The third kappa shape index (κ3) is 8.39. The summed E-state index contributed by atoms with van der Waals surface area (Å²) in [5.41, 5.74) is -7.50. The number of rotatable bonds is 12. The van der Waals surface area contributed by atoms with Gasteiger partial charge in [0.05, 0.1) is 0 Å². The zero-order chi connectivity index (χ0) is 32.4. The average molecular weight is 703 g/mol. The number of Topliss-reactive ketones (excluding diaryl/α,β-unsaturated/α-hetero) is 9. The molecule has 0 radical (unpaired) electrons. The largest absolute Gasteiger partial charge is 0.480 e. The van der Waals surface area contributed by atoms with Gasteiger partial charge in [-0.3, -0.25) is 57.5 Å². The number of carbonyl (C=O) groups is 12. The van der Waals surface area contributed by atoms with Crippen LogP contribution in [0.4, 0.5) is 0 Å². The Bertz CT molecular complexity index is 832. The first-order valence-corrected chi connectivity index (χ1v) is 10.6. The van der Waals surface area contributed by atoms with E-state index in [9.17, 15) is 57.5 Å². The molecule has 0 spiro atoms. The predicted octanol–water partition coefficient (Wildman–Crippen LogP) is -0.527. The summed E-state index contributed by atoms with van der Waals surface area (Å²) in [6, 6.07) is 0. The Kier molecular flexibility index (Phi) is 18.4. The molecule has 40 heavy (non-hydrogen) atoms. The maximum Gasteiger partial charge on any atom is 0.332 e. The first-order valence-electron chi connectivity index (χ1n) is 10.6. The monoisotopic (exact) mass is 700 g/mol. The van der Waals surface area contributed by atoms with Crippen LogP contribution in [0.5, 0.6) is 0 Å². The van der Waals surface area contributed by atoms with Gasteiger partial charge in [0.25, 0.3) is 0 Å². The smallest absolute Gasteiger partial charge is 0.332 e. The number of carbonyl (C=O) groups excluding carboxylic acids is 9. The van der Waals surface area contributed by atoms with Gasteiger partial charge in [-0.25, -0.2) is 0 Å². The van der Waals surface area contributed by atoms with Crippen molar-refractivity contribution in [2.45, 2.75) is 62.3 Å². The molecule has 0 fully saturated rings. The van der Waals surface area contributed by atoms with E-state index in [-0.39, 0.29) is 40.8 Å². The van der Waals surface area contributed by atoms with Gasteiger partial charge in [-0.1, -0.05) is 0 Å². The van der Waals surface area contributed by atoms with E-state index in [1.165, 1.54) is 0 Å². The Balaban J connectivity index is -0.000000240. The molecular formula is C24H30NdO15. The summed E-state index contributed by atoms with van der Waals surface area (Å²) in [6.07, 6.45) is 0. The van der Waals surface area contributed by atoms with Gasteiger partial charge in [0.15, 0.2) is 52.0 Å². The standard InChI is InChI=1S/3C8H10O5.Nd/c3*1-4(9)8(5(2)10,6(3)11)7(12)13;/h3*1-3H3,(H,12,13);. The van der Waals surface area contributed by atoms with Crippen LogP contribution in [-0.2, 0) is 57.5 Å². The molecule has 0 aliphatic rings. The number of hydrogen-bond acceptors (Lipinski definition) is 12. The Morgan fingerprint density at radius 2 is 0.375 bits per heavy atom. The van der Waals surface area contributed by atoms with Crippen molar-refractivity contribution in [2.75, 3.05) is 0 Å². The molecule has 0 aliphatic heterocycles. The second-order valence-electron chi connectivity index (χ2n) is 8.17. The van der Waals surface area contributed by atoms with Crippen LogP contribution in [0.15, 0.2) is 0 Å². The summed E-state index contributed by atoms with van der Waals surface area (Å²) in [4.78, 5) is 131. The third-order valence-electron chi connectivity index (χ3n) is 5.72.